The molecular weight excluding hydrogens is 132 g/mol. The SMILES string of the molecule is C#C/C(C=C)=C/C(=C)C#CC. The van der Waals surface area contributed by atoms with Gasteiger partial charge in [0.2, 0.25) is 0 Å². The first kappa shape index (κ1) is 9.34. The molecule has 0 aromatic carbocycles. The van der Waals surface area contributed by atoms with Crippen molar-refractivity contribution < 1.29 is 0 Å². The topological polar surface area (TPSA) is 0 Å². The van der Waals surface area contributed by atoms with Gasteiger partial charge in [-0.15, -0.1) is 12.3 Å². The van der Waals surface area contributed by atoms with Crippen LogP contribution in [0.4, 0.5) is 0 Å². The van der Waals surface area contributed by atoms with Gasteiger partial charge >= 0.3 is 0 Å². The van der Waals surface area contributed by atoms with Crippen molar-refractivity contribution in [2.24, 2.45) is 0 Å². The van der Waals surface area contributed by atoms with E-state index in [-0.39, 0.29) is 0 Å². The minimum Gasteiger partial charge on any atom is -0.115 e. The van der Waals surface area contributed by atoms with E-state index in [0.717, 1.165) is 0 Å². The van der Waals surface area contributed by atoms with Gasteiger partial charge in [0.15, 0.2) is 0 Å². The highest BCUT2D eigenvalue weighted by Gasteiger charge is 1.84. The van der Waals surface area contributed by atoms with Gasteiger partial charge in [0.25, 0.3) is 0 Å². The molecule has 0 fully saturated rings. The lowest BCUT2D eigenvalue weighted by Crippen LogP contribution is -1.73. The third-order valence-corrected chi connectivity index (χ3v) is 1.00. The number of allylic oxidation sites excluding steroid dienone is 4. The highest BCUT2D eigenvalue weighted by Crippen LogP contribution is 1.98. The van der Waals surface area contributed by atoms with Crippen molar-refractivity contribution in [1.29, 1.82) is 0 Å². The van der Waals surface area contributed by atoms with Crippen molar-refractivity contribution in [2.45, 2.75) is 6.92 Å². The Balaban J connectivity index is 4.51. The highest BCUT2D eigenvalue weighted by molar-refractivity contribution is 5.46. The number of hydrogen-bond acceptors (Lipinski definition) is 0. The molecule has 0 saturated carbocycles. The van der Waals surface area contributed by atoms with Gasteiger partial charge in [0, 0.05) is 11.1 Å². The Hall–Kier alpha value is -1.66. The van der Waals surface area contributed by atoms with Crippen LogP contribution in [0, 0.1) is 24.2 Å². The van der Waals surface area contributed by atoms with Crippen molar-refractivity contribution in [2.75, 3.05) is 0 Å². The summed E-state index contributed by atoms with van der Waals surface area (Å²) >= 11 is 0. The molecule has 0 aliphatic carbocycles. The van der Waals surface area contributed by atoms with Crippen molar-refractivity contribution in [3.63, 3.8) is 0 Å². The van der Waals surface area contributed by atoms with E-state index in [9.17, 15) is 0 Å². The molecule has 0 bridgehead atoms. The lowest BCUT2D eigenvalue weighted by Gasteiger charge is -1.87. The van der Waals surface area contributed by atoms with Crippen molar-refractivity contribution >= 4 is 0 Å². The lowest BCUT2D eigenvalue weighted by atomic mass is 10.2. The fourth-order valence-corrected chi connectivity index (χ4v) is 0.544. The maximum atomic E-state index is 5.15. The van der Waals surface area contributed by atoms with E-state index in [1.54, 1.807) is 19.1 Å². The van der Waals surface area contributed by atoms with Crippen LogP contribution in [0.2, 0.25) is 0 Å². The zero-order chi connectivity index (χ0) is 8.69. The maximum absolute atomic E-state index is 5.15. The Morgan fingerprint density at radius 3 is 2.55 bits per heavy atom. The molecule has 0 atom stereocenters. The second-order valence-corrected chi connectivity index (χ2v) is 1.85. The summed E-state index contributed by atoms with van der Waals surface area (Å²) in [6.07, 6.45) is 8.47. The molecule has 0 aliphatic rings. The first-order valence-electron chi connectivity index (χ1n) is 3.17. The molecule has 0 aliphatic heterocycles. The van der Waals surface area contributed by atoms with Crippen molar-refractivity contribution in [1.82, 2.24) is 0 Å². The molecule has 0 heterocycles. The standard InChI is InChI=1S/C11H10/c1-5-8-10(4)9-11(6-2)7-3/h2,7,9H,3-4H2,1H3/b11-9-. The summed E-state index contributed by atoms with van der Waals surface area (Å²) in [5.41, 5.74) is 1.41. The largest absolute Gasteiger partial charge is 0.115 e. The molecule has 0 nitrogen and oxygen atoms in total. The van der Waals surface area contributed by atoms with Gasteiger partial charge < -0.3 is 0 Å². The molecule has 0 aromatic rings. The third kappa shape index (κ3) is 3.84. The van der Waals surface area contributed by atoms with Gasteiger partial charge in [-0.05, 0) is 13.0 Å². The van der Waals surface area contributed by atoms with Crippen LogP contribution in [-0.4, -0.2) is 0 Å². The molecule has 0 amide bonds. The molecule has 11 heavy (non-hydrogen) atoms. The van der Waals surface area contributed by atoms with Gasteiger partial charge in [-0.25, -0.2) is 0 Å². The quantitative estimate of drug-likeness (QED) is 0.410. The lowest BCUT2D eigenvalue weighted by molar-refractivity contribution is 1.71. The monoisotopic (exact) mass is 142 g/mol. The van der Waals surface area contributed by atoms with Crippen LogP contribution in [0.1, 0.15) is 6.92 Å². The molecule has 0 heteroatoms. The van der Waals surface area contributed by atoms with Gasteiger partial charge in [-0.1, -0.05) is 31.1 Å². The number of hydrogen-bond donors (Lipinski definition) is 0. The van der Waals surface area contributed by atoms with Crippen LogP contribution in [-0.2, 0) is 0 Å². The van der Waals surface area contributed by atoms with E-state index < -0.39 is 0 Å². The molecule has 0 aromatic heterocycles. The van der Waals surface area contributed by atoms with E-state index in [1.807, 2.05) is 0 Å². The van der Waals surface area contributed by atoms with Crippen LogP contribution in [0.25, 0.3) is 0 Å². The first-order chi connectivity index (χ1) is 5.24. The summed E-state index contributed by atoms with van der Waals surface area (Å²) in [6, 6.07) is 0. The second kappa shape index (κ2) is 5.15. The van der Waals surface area contributed by atoms with Crippen LogP contribution < -0.4 is 0 Å². The fraction of sp³-hybridized carbons (Fsp3) is 0.0909. The van der Waals surface area contributed by atoms with E-state index in [1.165, 1.54) is 0 Å². The Morgan fingerprint density at radius 2 is 2.18 bits per heavy atom. The Bertz CT molecular complexity index is 284. The average molecular weight is 142 g/mol. The van der Waals surface area contributed by atoms with Crippen LogP contribution >= 0.6 is 0 Å². The van der Waals surface area contributed by atoms with Gasteiger partial charge in [0.1, 0.15) is 0 Å². The fourth-order valence-electron chi connectivity index (χ4n) is 0.544. The Kier molecular flexibility index (Phi) is 4.37. The van der Waals surface area contributed by atoms with Crippen molar-refractivity contribution in [3.8, 4) is 24.2 Å². The van der Waals surface area contributed by atoms with E-state index in [0.29, 0.717) is 11.1 Å². The minimum absolute atomic E-state index is 0.706. The zero-order valence-electron chi connectivity index (χ0n) is 6.65. The second-order valence-electron chi connectivity index (χ2n) is 1.85. The smallest absolute Gasteiger partial charge is 0.0248 e. The molecular formula is C11H10. The van der Waals surface area contributed by atoms with Gasteiger partial charge in [-0.2, -0.15) is 0 Å². The molecule has 0 unspecified atom stereocenters. The molecule has 0 spiro atoms. The molecule has 54 valence electrons. The zero-order valence-corrected chi connectivity index (χ0v) is 6.65. The van der Waals surface area contributed by atoms with Gasteiger partial charge in [0.05, 0.1) is 0 Å². The summed E-state index contributed by atoms with van der Waals surface area (Å²) in [5, 5.41) is 0. The normalized spacial score (nSPS) is 8.91. The molecule has 0 rings (SSSR count). The number of terminal acetylenes is 1. The summed E-state index contributed by atoms with van der Waals surface area (Å²) in [6.45, 7) is 8.98. The summed E-state index contributed by atoms with van der Waals surface area (Å²) in [7, 11) is 0. The van der Waals surface area contributed by atoms with Crippen LogP contribution in [0.3, 0.4) is 0 Å². The Labute approximate surface area is 68.3 Å². The predicted molar refractivity (Wildman–Crippen MR) is 49.7 cm³/mol. The molecule has 0 N–H and O–H groups in total. The summed E-state index contributed by atoms with van der Waals surface area (Å²) < 4.78 is 0. The van der Waals surface area contributed by atoms with E-state index >= 15 is 0 Å². The predicted octanol–water partition coefficient (Wildman–Crippen LogP) is 2.31. The van der Waals surface area contributed by atoms with Crippen molar-refractivity contribution in [3.05, 3.63) is 36.5 Å². The summed E-state index contributed by atoms with van der Waals surface area (Å²) in [5.74, 6) is 7.96. The first-order valence-corrected chi connectivity index (χ1v) is 3.17. The summed E-state index contributed by atoms with van der Waals surface area (Å²) in [4.78, 5) is 0. The van der Waals surface area contributed by atoms with Gasteiger partial charge in [-0.3, -0.25) is 0 Å². The third-order valence-electron chi connectivity index (χ3n) is 1.00. The minimum atomic E-state index is 0.706. The molecule has 0 saturated heterocycles. The maximum Gasteiger partial charge on any atom is 0.0248 e. The van der Waals surface area contributed by atoms with E-state index in [4.69, 9.17) is 6.42 Å². The number of rotatable bonds is 2. The van der Waals surface area contributed by atoms with E-state index in [2.05, 4.69) is 30.9 Å². The van der Waals surface area contributed by atoms with Crippen LogP contribution in [0.15, 0.2) is 36.5 Å². The molecule has 0 radical (unpaired) electrons. The van der Waals surface area contributed by atoms with Crippen LogP contribution in [0.5, 0.6) is 0 Å². The Morgan fingerprint density at radius 1 is 1.55 bits per heavy atom. The highest BCUT2D eigenvalue weighted by atomic mass is 13.9. The average Bonchev–Trinajstić information content (AvgIpc) is 2.01.